The summed E-state index contributed by atoms with van der Waals surface area (Å²) in [6.45, 7) is 6.84. The molecule has 0 aliphatic carbocycles. The molecule has 2 rings (SSSR count). The van der Waals surface area contributed by atoms with Crippen LogP contribution in [-0.4, -0.2) is 4.57 Å². The lowest BCUT2D eigenvalue weighted by Gasteiger charge is -2.18. The molecular weight excluding hydrogens is 182 g/mol. The number of aromatic nitrogens is 1. The number of aryl methyl sites for hydroxylation is 1. The van der Waals surface area contributed by atoms with Gasteiger partial charge in [-0.1, -0.05) is 26.8 Å². The zero-order chi connectivity index (χ0) is 11.1. The number of nitrogens with zero attached hydrogens (tertiary/aromatic N) is 1. The SMILES string of the molecule is Cn1ccc2cc(CC(C)(C)C)ccc21. The van der Waals surface area contributed by atoms with Gasteiger partial charge in [0.05, 0.1) is 0 Å². The van der Waals surface area contributed by atoms with Crippen molar-refractivity contribution in [3.8, 4) is 0 Å². The van der Waals surface area contributed by atoms with Crippen molar-refractivity contribution in [3.63, 3.8) is 0 Å². The van der Waals surface area contributed by atoms with Crippen molar-refractivity contribution in [3.05, 3.63) is 36.0 Å². The van der Waals surface area contributed by atoms with Gasteiger partial charge in [0.2, 0.25) is 0 Å². The van der Waals surface area contributed by atoms with Crippen LogP contribution in [0.1, 0.15) is 26.3 Å². The second-order valence-corrected chi connectivity index (χ2v) is 5.56. The summed E-state index contributed by atoms with van der Waals surface area (Å²) in [6, 6.07) is 8.95. The van der Waals surface area contributed by atoms with Crippen molar-refractivity contribution in [1.82, 2.24) is 4.57 Å². The molecule has 0 radical (unpaired) electrons. The van der Waals surface area contributed by atoms with Crippen LogP contribution in [0.2, 0.25) is 0 Å². The maximum Gasteiger partial charge on any atom is 0.0477 e. The van der Waals surface area contributed by atoms with Crippen molar-refractivity contribution in [2.45, 2.75) is 27.2 Å². The van der Waals surface area contributed by atoms with Gasteiger partial charge in [0.25, 0.3) is 0 Å². The van der Waals surface area contributed by atoms with Crippen LogP contribution in [-0.2, 0) is 13.5 Å². The minimum atomic E-state index is 0.364. The molecular formula is C14H19N. The van der Waals surface area contributed by atoms with Crippen LogP contribution in [0.5, 0.6) is 0 Å². The fraction of sp³-hybridized carbons (Fsp3) is 0.429. The molecule has 1 heterocycles. The molecule has 1 aromatic carbocycles. The third-order valence-electron chi connectivity index (χ3n) is 2.68. The molecule has 2 aromatic rings. The van der Waals surface area contributed by atoms with Crippen molar-refractivity contribution in [2.24, 2.45) is 12.5 Å². The molecule has 0 saturated heterocycles. The second kappa shape index (κ2) is 3.41. The summed E-state index contributed by atoms with van der Waals surface area (Å²) >= 11 is 0. The molecule has 80 valence electrons. The average Bonchev–Trinajstić information content (AvgIpc) is 2.45. The third kappa shape index (κ3) is 2.23. The number of rotatable bonds is 1. The summed E-state index contributed by atoms with van der Waals surface area (Å²) in [4.78, 5) is 0. The van der Waals surface area contributed by atoms with Crippen LogP contribution in [0.25, 0.3) is 10.9 Å². The maximum atomic E-state index is 2.31. The van der Waals surface area contributed by atoms with Gasteiger partial charge in [-0.2, -0.15) is 0 Å². The fourth-order valence-corrected chi connectivity index (χ4v) is 2.05. The molecule has 15 heavy (non-hydrogen) atoms. The van der Waals surface area contributed by atoms with Gasteiger partial charge < -0.3 is 4.57 Å². The Kier molecular flexibility index (Phi) is 2.34. The van der Waals surface area contributed by atoms with E-state index >= 15 is 0 Å². The Balaban J connectivity index is 2.39. The van der Waals surface area contributed by atoms with Crippen LogP contribution in [0.3, 0.4) is 0 Å². The van der Waals surface area contributed by atoms with E-state index in [1.165, 1.54) is 16.5 Å². The first-order chi connectivity index (χ1) is 6.96. The first-order valence-corrected chi connectivity index (χ1v) is 5.50. The molecule has 1 aromatic heterocycles. The molecule has 1 heteroatoms. The summed E-state index contributed by atoms with van der Waals surface area (Å²) in [7, 11) is 2.09. The smallest absolute Gasteiger partial charge is 0.0477 e. The van der Waals surface area contributed by atoms with E-state index in [-0.39, 0.29) is 0 Å². The molecule has 0 spiro atoms. The predicted molar refractivity (Wildman–Crippen MR) is 66.1 cm³/mol. The summed E-state index contributed by atoms with van der Waals surface area (Å²) in [6.07, 6.45) is 3.25. The monoisotopic (exact) mass is 201 g/mol. The number of fused-ring (bicyclic) bond motifs is 1. The third-order valence-corrected chi connectivity index (χ3v) is 2.68. The quantitative estimate of drug-likeness (QED) is 0.662. The van der Waals surface area contributed by atoms with Crippen LogP contribution in [0.4, 0.5) is 0 Å². The Hall–Kier alpha value is -1.24. The number of hydrogen-bond acceptors (Lipinski definition) is 0. The first-order valence-electron chi connectivity index (χ1n) is 5.50. The van der Waals surface area contributed by atoms with E-state index in [1.54, 1.807) is 0 Å². The second-order valence-electron chi connectivity index (χ2n) is 5.56. The summed E-state index contributed by atoms with van der Waals surface area (Å²) in [5.74, 6) is 0. The van der Waals surface area contributed by atoms with Crippen LogP contribution < -0.4 is 0 Å². The van der Waals surface area contributed by atoms with Gasteiger partial charge in [-0.05, 0) is 41.0 Å². The summed E-state index contributed by atoms with van der Waals surface area (Å²) in [5.41, 5.74) is 3.11. The van der Waals surface area contributed by atoms with E-state index in [9.17, 15) is 0 Å². The molecule has 0 atom stereocenters. The summed E-state index contributed by atoms with van der Waals surface area (Å²) < 4.78 is 2.16. The van der Waals surface area contributed by atoms with E-state index in [2.05, 4.69) is 62.8 Å². The lowest BCUT2D eigenvalue weighted by molar-refractivity contribution is 0.411. The molecule has 0 fully saturated rings. The van der Waals surface area contributed by atoms with E-state index in [0.717, 1.165) is 6.42 Å². The Morgan fingerprint density at radius 1 is 1.13 bits per heavy atom. The summed E-state index contributed by atoms with van der Waals surface area (Å²) in [5, 5.41) is 1.35. The molecule has 0 unspecified atom stereocenters. The van der Waals surface area contributed by atoms with Crippen molar-refractivity contribution in [2.75, 3.05) is 0 Å². The molecule has 0 N–H and O–H groups in total. The van der Waals surface area contributed by atoms with Gasteiger partial charge in [-0.25, -0.2) is 0 Å². The highest BCUT2D eigenvalue weighted by Gasteiger charge is 2.11. The standard InChI is InChI=1S/C14H19N/c1-14(2,3)10-11-5-6-13-12(9-11)7-8-15(13)4/h5-9H,10H2,1-4H3. The highest BCUT2D eigenvalue weighted by atomic mass is 14.9. The zero-order valence-electron chi connectivity index (χ0n) is 10.0. The largest absolute Gasteiger partial charge is 0.351 e. The average molecular weight is 201 g/mol. The Labute approximate surface area is 91.7 Å². The highest BCUT2D eigenvalue weighted by molar-refractivity contribution is 5.80. The van der Waals surface area contributed by atoms with Crippen LogP contribution >= 0.6 is 0 Å². The molecule has 0 aliphatic heterocycles. The Morgan fingerprint density at radius 2 is 1.87 bits per heavy atom. The van der Waals surface area contributed by atoms with Gasteiger partial charge in [0.15, 0.2) is 0 Å². The van der Waals surface area contributed by atoms with E-state index in [1.807, 2.05) is 0 Å². The van der Waals surface area contributed by atoms with Crippen LogP contribution in [0.15, 0.2) is 30.5 Å². The van der Waals surface area contributed by atoms with Crippen molar-refractivity contribution in [1.29, 1.82) is 0 Å². The predicted octanol–water partition coefficient (Wildman–Crippen LogP) is 3.77. The zero-order valence-corrected chi connectivity index (χ0v) is 10.0. The van der Waals surface area contributed by atoms with Crippen molar-refractivity contribution >= 4 is 10.9 Å². The molecule has 0 amide bonds. The minimum Gasteiger partial charge on any atom is -0.351 e. The van der Waals surface area contributed by atoms with Gasteiger partial charge >= 0.3 is 0 Å². The fourth-order valence-electron chi connectivity index (χ4n) is 2.05. The Bertz CT molecular complexity index is 472. The molecule has 0 bridgehead atoms. The lowest BCUT2D eigenvalue weighted by atomic mass is 9.88. The van der Waals surface area contributed by atoms with E-state index in [0.29, 0.717) is 5.41 Å². The minimum absolute atomic E-state index is 0.364. The Morgan fingerprint density at radius 3 is 2.53 bits per heavy atom. The van der Waals surface area contributed by atoms with Gasteiger partial charge in [-0.3, -0.25) is 0 Å². The molecule has 0 aliphatic rings. The highest BCUT2D eigenvalue weighted by Crippen LogP contribution is 2.23. The van der Waals surface area contributed by atoms with Crippen molar-refractivity contribution < 1.29 is 0 Å². The van der Waals surface area contributed by atoms with Gasteiger partial charge in [-0.15, -0.1) is 0 Å². The number of hydrogen-bond donors (Lipinski definition) is 0. The normalized spacial score (nSPS) is 12.3. The number of benzene rings is 1. The maximum absolute atomic E-state index is 2.31. The molecule has 1 nitrogen and oxygen atoms in total. The van der Waals surface area contributed by atoms with E-state index in [4.69, 9.17) is 0 Å². The topological polar surface area (TPSA) is 4.93 Å². The lowest BCUT2D eigenvalue weighted by Crippen LogP contribution is -2.08. The van der Waals surface area contributed by atoms with Gasteiger partial charge in [0.1, 0.15) is 0 Å². The van der Waals surface area contributed by atoms with Crippen LogP contribution in [0, 0.1) is 5.41 Å². The first kappa shape index (κ1) is 10.3. The van der Waals surface area contributed by atoms with E-state index < -0.39 is 0 Å². The van der Waals surface area contributed by atoms with Gasteiger partial charge in [0, 0.05) is 18.8 Å². The molecule has 0 saturated carbocycles.